The second-order valence-electron chi connectivity index (χ2n) is 6.92. The summed E-state index contributed by atoms with van der Waals surface area (Å²) in [5, 5.41) is 9.19. The highest BCUT2D eigenvalue weighted by Crippen LogP contribution is 2.37. The van der Waals surface area contributed by atoms with E-state index in [1.165, 1.54) is 5.56 Å². The first-order valence-corrected chi connectivity index (χ1v) is 7.16. The van der Waals surface area contributed by atoms with E-state index in [1.54, 1.807) is 0 Å². The standard InChI is InChI=1S/C17H27NO2/c1-12(2)10-13-6-8-14(9-7-13)17(5,11-15(19)20)16(3,4)18/h6-9,12H,10-11,18H2,1-5H3,(H,19,20). The Morgan fingerprint density at radius 2 is 1.70 bits per heavy atom. The molecule has 0 saturated heterocycles. The molecule has 0 heterocycles. The van der Waals surface area contributed by atoms with Gasteiger partial charge in [0.25, 0.3) is 0 Å². The summed E-state index contributed by atoms with van der Waals surface area (Å²) in [7, 11) is 0. The van der Waals surface area contributed by atoms with Gasteiger partial charge in [0, 0.05) is 11.0 Å². The lowest BCUT2D eigenvalue weighted by atomic mass is 9.66. The first kappa shape index (κ1) is 16.7. The van der Waals surface area contributed by atoms with Crippen LogP contribution in [0.1, 0.15) is 52.2 Å². The Morgan fingerprint density at radius 1 is 1.20 bits per heavy atom. The van der Waals surface area contributed by atoms with Gasteiger partial charge in [-0.1, -0.05) is 45.0 Å². The molecule has 0 amide bonds. The third kappa shape index (κ3) is 3.83. The van der Waals surface area contributed by atoms with Gasteiger partial charge in [-0.05, 0) is 37.3 Å². The quantitative estimate of drug-likeness (QED) is 0.838. The highest BCUT2D eigenvalue weighted by molar-refractivity contribution is 5.69. The molecule has 3 nitrogen and oxygen atoms in total. The fourth-order valence-corrected chi connectivity index (χ4v) is 2.48. The zero-order valence-electron chi connectivity index (χ0n) is 13.2. The van der Waals surface area contributed by atoms with Crippen LogP contribution in [0.4, 0.5) is 0 Å². The fourth-order valence-electron chi connectivity index (χ4n) is 2.48. The summed E-state index contributed by atoms with van der Waals surface area (Å²) in [6.45, 7) is 10.1. The number of carbonyl (C=O) groups is 1. The molecule has 0 aliphatic rings. The van der Waals surface area contributed by atoms with Gasteiger partial charge in [0.2, 0.25) is 0 Å². The van der Waals surface area contributed by atoms with E-state index in [4.69, 9.17) is 5.73 Å². The van der Waals surface area contributed by atoms with Crippen molar-refractivity contribution in [3.05, 3.63) is 35.4 Å². The van der Waals surface area contributed by atoms with Crippen LogP contribution in [0.5, 0.6) is 0 Å². The normalized spacial score (nSPS) is 15.2. The summed E-state index contributed by atoms with van der Waals surface area (Å²) < 4.78 is 0. The smallest absolute Gasteiger partial charge is 0.304 e. The Bertz CT molecular complexity index is 457. The molecule has 1 unspecified atom stereocenters. The molecule has 0 aromatic heterocycles. The summed E-state index contributed by atoms with van der Waals surface area (Å²) in [6, 6.07) is 8.22. The van der Waals surface area contributed by atoms with Gasteiger partial charge in [-0.2, -0.15) is 0 Å². The summed E-state index contributed by atoms with van der Waals surface area (Å²) in [6.07, 6.45) is 1.06. The van der Waals surface area contributed by atoms with Crippen molar-refractivity contribution < 1.29 is 9.90 Å². The van der Waals surface area contributed by atoms with Crippen LogP contribution in [0.2, 0.25) is 0 Å². The van der Waals surface area contributed by atoms with E-state index >= 15 is 0 Å². The Kier molecular flexibility index (Phi) is 4.98. The molecule has 20 heavy (non-hydrogen) atoms. The zero-order valence-corrected chi connectivity index (χ0v) is 13.2. The molecular weight excluding hydrogens is 250 g/mol. The maximum Gasteiger partial charge on any atom is 0.304 e. The van der Waals surface area contributed by atoms with Crippen molar-refractivity contribution in [1.29, 1.82) is 0 Å². The lowest BCUT2D eigenvalue weighted by molar-refractivity contribution is -0.139. The van der Waals surface area contributed by atoms with Crippen LogP contribution in [0, 0.1) is 5.92 Å². The number of hydrogen-bond acceptors (Lipinski definition) is 2. The molecule has 0 spiro atoms. The molecular formula is C17H27NO2. The zero-order chi connectivity index (χ0) is 15.6. The van der Waals surface area contributed by atoms with E-state index in [1.807, 2.05) is 32.9 Å². The predicted octanol–water partition coefficient (Wildman–Crippen LogP) is 3.35. The van der Waals surface area contributed by atoms with Crippen molar-refractivity contribution in [2.45, 2.75) is 58.4 Å². The summed E-state index contributed by atoms with van der Waals surface area (Å²) in [5.41, 5.74) is 7.32. The summed E-state index contributed by atoms with van der Waals surface area (Å²) >= 11 is 0. The molecule has 1 rings (SSSR count). The Hall–Kier alpha value is -1.35. The molecule has 0 aliphatic carbocycles. The predicted molar refractivity (Wildman–Crippen MR) is 82.9 cm³/mol. The SMILES string of the molecule is CC(C)Cc1ccc(C(C)(CC(=O)O)C(C)(C)N)cc1. The first-order valence-electron chi connectivity index (χ1n) is 7.16. The third-order valence-corrected chi connectivity index (χ3v) is 4.16. The third-order valence-electron chi connectivity index (χ3n) is 4.16. The van der Waals surface area contributed by atoms with E-state index in [9.17, 15) is 9.90 Å². The van der Waals surface area contributed by atoms with Crippen LogP contribution >= 0.6 is 0 Å². The van der Waals surface area contributed by atoms with Crippen molar-refractivity contribution in [2.75, 3.05) is 0 Å². The van der Waals surface area contributed by atoms with Gasteiger partial charge in [0.1, 0.15) is 0 Å². The minimum Gasteiger partial charge on any atom is -0.481 e. The highest BCUT2D eigenvalue weighted by Gasteiger charge is 2.41. The molecule has 0 saturated carbocycles. The average Bonchev–Trinajstić information content (AvgIpc) is 2.26. The van der Waals surface area contributed by atoms with E-state index in [0.29, 0.717) is 5.92 Å². The van der Waals surface area contributed by atoms with E-state index in [-0.39, 0.29) is 6.42 Å². The molecule has 0 bridgehead atoms. The van der Waals surface area contributed by atoms with Crippen LogP contribution in [0.3, 0.4) is 0 Å². The van der Waals surface area contributed by atoms with E-state index in [0.717, 1.165) is 12.0 Å². The summed E-state index contributed by atoms with van der Waals surface area (Å²) in [4.78, 5) is 11.2. The number of nitrogens with two attached hydrogens (primary N) is 1. The second-order valence-corrected chi connectivity index (χ2v) is 6.92. The lowest BCUT2D eigenvalue weighted by Crippen LogP contribution is -2.53. The highest BCUT2D eigenvalue weighted by atomic mass is 16.4. The summed E-state index contributed by atoms with van der Waals surface area (Å²) in [5.74, 6) is -0.213. The van der Waals surface area contributed by atoms with Gasteiger partial charge in [0.15, 0.2) is 0 Å². The number of carboxylic acids is 1. The van der Waals surface area contributed by atoms with Crippen molar-refractivity contribution in [3.63, 3.8) is 0 Å². The van der Waals surface area contributed by atoms with Crippen molar-refractivity contribution in [1.82, 2.24) is 0 Å². The maximum atomic E-state index is 11.2. The average molecular weight is 277 g/mol. The van der Waals surface area contributed by atoms with Gasteiger partial charge in [-0.25, -0.2) is 0 Å². The van der Waals surface area contributed by atoms with Crippen molar-refractivity contribution >= 4 is 5.97 Å². The van der Waals surface area contributed by atoms with Crippen LogP contribution in [-0.4, -0.2) is 16.6 Å². The number of carboxylic acid groups (broad SMARTS) is 1. The number of aliphatic carboxylic acids is 1. The van der Waals surface area contributed by atoms with Crippen LogP contribution < -0.4 is 5.73 Å². The van der Waals surface area contributed by atoms with Crippen LogP contribution in [-0.2, 0) is 16.6 Å². The molecule has 3 N–H and O–H groups in total. The van der Waals surface area contributed by atoms with Gasteiger partial charge in [-0.3, -0.25) is 4.79 Å². The number of rotatable bonds is 6. The molecule has 1 atom stereocenters. The fraction of sp³-hybridized carbons (Fsp3) is 0.588. The van der Waals surface area contributed by atoms with Gasteiger partial charge < -0.3 is 10.8 Å². The van der Waals surface area contributed by atoms with Crippen LogP contribution in [0.25, 0.3) is 0 Å². The van der Waals surface area contributed by atoms with Gasteiger partial charge in [0.05, 0.1) is 6.42 Å². The molecule has 112 valence electrons. The minimum absolute atomic E-state index is 0.0278. The van der Waals surface area contributed by atoms with Gasteiger partial charge in [-0.15, -0.1) is 0 Å². The Labute approximate surface area is 122 Å². The van der Waals surface area contributed by atoms with E-state index in [2.05, 4.69) is 26.0 Å². The Morgan fingerprint density at radius 3 is 2.05 bits per heavy atom. The second kappa shape index (κ2) is 5.96. The number of hydrogen-bond donors (Lipinski definition) is 2. The van der Waals surface area contributed by atoms with Crippen LogP contribution in [0.15, 0.2) is 24.3 Å². The van der Waals surface area contributed by atoms with Crippen molar-refractivity contribution in [3.8, 4) is 0 Å². The molecule has 1 aromatic carbocycles. The van der Waals surface area contributed by atoms with E-state index < -0.39 is 16.9 Å². The molecule has 0 radical (unpaired) electrons. The first-order chi connectivity index (χ1) is 9.06. The topological polar surface area (TPSA) is 63.3 Å². The Balaban J connectivity index is 3.12. The molecule has 1 aromatic rings. The monoisotopic (exact) mass is 277 g/mol. The largest absolute Gasteiger partial charge is 0.481 e. The minimum atomic E-state index is -0.822. The number of benzene rings is 1. The molecule has 0 fully saturated rings. The molecule has 3 heteroatoms. The molecule has 0 aliphatic heterocycles. The maximum absolute atomic E-state index is 11.2. The van der Waals surface area contributed by atoms with Gasteiger partial charge >= 0.3 is 5.97 Å². The lowest BCUT2D eigenvalue weighted by Gasteiger charge is -2.41. The van der Waals surface area contributed by atoms with Crippen molar-refractivity contribution in [2.24, 2.45) is 11.7 Å².